The molecule has 0 bridgehead atoms. The number of amides is 2. The third kappa shape index (κ3) is 4.13. The number of hydrogen-bond acceptors (Lipinski definition) is 3. The minimum Gasteiger partial charge on any atom is -0.378 e. The molecule has 0 spiro atoms. The molecule has 1 N–H and O–H groups in total. The quantitative estimate of drug-likeness (QED) is 0.886. The summed E-state index contributed by atoms with van der Waals surface area (Å²) in [5.41, 5.74) is 1.16. The number of nitrogens with zero attached hydrogens (tertiary/aromatic N) is 2. The molecule has 1 aliphatic heterocycles. The van der Waals surface area contributed by atoms with Crippen LogP contribution in [-0.2, 0) is 4.74 Å². The molecule has 1 heterocycles. The molecule has 19 heavy (non-hydrogen) atoms. The Morgan fingerprint density at radius 3 is 2.68 bits per heavy atom. The molecule has 1 aromatic rings. The number of carbonyl (C=O) groups is 1. The zero-order chi connectivity index (χ0) is 13.5. The van der Waals surface area contributed by atoms with E-state index in [2.05, 4.69) is 22.3 Å². The summed E-state index contributed by atoms with van der Waals surface area (Å²) in [6.07, 6.45) is 0. The third-order valence-electron chi connectivity index (χ3n) is 3.22. The average Bonchev–Trinajstić information content (AvgIpc) is 2.49. The van der Waals surface area contributed by atoms with Crippen LogP contribution in [0.2, 0.25) is 0 Å². The van der Waals surface area contributed by atoms with Crippen LogP contribution in [0, 0.1) is 0 Å². The van der Waals surface area contributed by atoms with Crippen molar-refractivity contribution >= 4 is 11.7 Å². The van der Waals surface area contributed by atoms with E-state index in [1.165, 1.54) is 0 Å². The first-order valence-corrected chi connectivity index (χ1v) is 6.64. The molecule has 0 aliphatic carbocycles. The number of morpholine rings is 1. The van der Waals surface area contributed by atoms with Gasteiger partial charge in [0.15, 0.2) is 0 Å². The number of rotatable bonds is 4. The van der Waals surface area contributed by atoms with Crippen molar-refractivity contribution in [2.45, 2.75) is 0 Å². The zero-order valence-electron chi connectivity index (χ0n) is 11.3. The number of urea groups is 1. The highest BCUT2D eigenvalue weighted by atomic mass is 16.5. The SMILES string of the molecule is CN(CCNC(=O)N1CCOCC1)c1ccccc1. The number of carbonyl (C=O) groups excluding carboxylic acids is 1. The fourth-order valence-corrected chi connectivity index (χ4v) is 2.02. The van der Waals surface area contributed by atoms with Gasteiger partial charge in [-0.05, 0) is 12.1 Å². The fraction of sp³-hybridized carbons (Fsp3) is 0.500. The van der Waals surface area contributed by atoms with Gasteiger partial charge < -0.3 is 19.9 Å². The van der Waals surface area contributed by atoms with Gasteiger partial charge in [0, 0.05) is 38.9 Å². The molecule has 1 aliphatic rings. The van der Waals surface area contributed by atoms with E-state index in [1.54, 1.807) is 4.90 Å². The summed E-state index contributed by atoms with van der Waals surface area (Å²) in [6, 6.07) is 10.1. The molecule has 0 unspecified atom stereocenters. The van der Waals surface area contributed by atoms with Crippen LogP contribution in [-0.4, -0.2) is 57.4 Å². The Kier molecular flexibility index (Phi) is 5.03. The molecule has 0 radical (unpaired) electrons. The Balaban J connectivity index is 1.69. The van der Waals surface area contributed by atoms with E-state index in [9.17, 15) is 4.79 Å². The summed E-state index contributed by atoms with van der Waals surface area (Å²) < 4.78 is 5.22. The molecular weight excluding hydrogens is 242 g/mol. The molecule has 5 nitrogen and oxygen atoms in total. The largest absolute Gasteiger partial charge is 0.378 e. The number of nitrogens with one attached hydrogen (secondary N) is 1. The van der Waals surface area contributed by atoms with Crippen molar-refractivity contribution in [3.8, 4) is 0 Å². The molecule has 5 heteroatoms. The number of hydrogen-bond donors (Lipinski definition) is 1. The van der Waals surface area contributed by atoms with Crippen molar-refractivity contribution in [1.29, 1.82) is 0 Å². The maximum absolute atomic E-state index is 11.9. The average molecular weight is 263 g/mol. The molecular formula is C14H21N3O2. The van der Waals surface area contributed by atoms with Crippen molar-refractivity contribution in [2.75, 3.05) is 51.3 Å². The Morgan fingerprint density at radius 2 is 2.00 bits per heavy atom. The summed E-state index contributed by atoms with van der Waals surface area (Å²) >= 11 is 0. The summed E-state index contributed by atoms with van der Waals surface area (Å²) in [4.78, 5) is 15.8. The van der Waals surface area contributed by atoms with E-state index in [4.69, 9.17) is 4.74 Å². The van der Waals surface area contributed by atoms with Crippen LogP contribution >= 0.6 is 0 Å². The van der Waals surface area contributed by atoms with Gasteiger partial charge in [-0.15, -0.1) is 0 Å². The molecule has 0 saturated carbocycles. The number of benzene rings is 1. The molecule has 2 rings (SSSR count). The zero-order valence-corrected chi connectivity index (χ0v) is 11.3. The second kappa shape index (κ2) is 6.99. The Labute approximate surface area is 114 Å². The monoisotopic (exact) mass is 263 g/mol. The highest BCUT2D eigenvalue weighted by molar-refractivity contribution is 5.74. The summed E-state index contributed by atoms with van der Waals surface area (Å²) in [5.74, 6) is 0. The van der Waals surface area contributed by atoms with Crippen molar-refractivity contribution in [3.05, 3.63) is 30.3 Å². The van der Waals surface area contributed by atoms with E-state index in [-0.39, 0.29) is 6.03 Å². The van der Waals surface area contributed by atoms with E-state index in [0.29, 0.717) is 32.8 Å². The van der Waals surface area contributed by atoms with E-state index < -0.39 is 0 Å². The third-order valence-corrected chi connectivity index (χ3v) is 3.22. The molecule has 0 aromatic heterocycles. The smallest absolute Gasteiger partial charge is 0.317 e. The van der Waals surface area contributed by atoms with Gasteiger partial charge in [0.2, 0.25) is 0 Å². The van der Waals surface area contributed by atoms with Gasteiger partial charge in [-0.2, -0.15) is 0 Å². The second-order valence-corrected chi connectivity index (χ2v) is 4.59. The van der Waals surface area contributed by atoms with Crippen LogP contribution in [0.3, 0.4) is 0 Å². The minimum absolute atomic E-state index is 0.00441. The predicted octanol–water partition coefficient (Wildman–Crippen LogP) is 1.16. The predicted molar refractivity (Wildman–Crippen MR) is 75.5 cm³/mol. The number of likely N-dealkylation sites (N-methyl/N-ethyl adjacent to an activating group) is 1. The first-order chi connectivity index (χ1) is 9.27. The summed E-state index contributed by atoms with van der Waals surface area (Å²) in [6.45, 7) is 4.07. The molecule has 1 aromatic carbocycles. The lowest BCUT2D eigenvalue weighted by Gasteiger charge is -2.27. The normalized spacial score (nSPS) is 15.1. The van der Waals surface area contributed by atoms with Crippen molar-refractivity contribution in [2.24, 2.45) is 0 Å². The first kappa shape index (κ1) is 13.7. The molecule has 104 valence electrons. The van der Waals surface area contributed by atoms with Gasteiger partial charge in [-0.25, -0.2) is 4.79 Å². The van der Waals surface area contributed by atoms with Crippen LogP contribution in [0.5, 0.6) is 0 Å². The molecule has 1 fully saturated rings. The maximum atomic E-state index is 11.9. The van der Waals surface area contributed by atoms with Gasteiger partial charge >= 0.3 is 6.03 Å². The van der Waals surface area contributed by atoms with Crippen molar-refractivity contribution < 1.29 is 9.53 Å². The second-order valence-electron chi connectivity index (χ2n) is 4.59. The highest BCUT2D eigenvalue weighted by Gasteiger charge is 2.15. The summed E-state index contributed by atoms with van der Waals surface area (Å²) in [7, 11) is 2.02. The van der Waals surface area contributed by atoms with Crippen LogP contribution in [0.15, 0.2) is 30.3 Å². The standard InChI is InChI=1S/C14H21N3O2/c1-16(13-5-3-2-4-6-13)8-7-15-14(18)17-9-11-19-12-10-17/h2-6H,7-12H2,1H3,(H,15,18). The molecule has 1 saturated heterocycles. The van der Waals surface area contributed by atoms with Crippen molar-refractivity contribution in [1.82, 2.24) is 10.2 Å². The number of anilines is 1. The van der Waals surface area contributed by atoms with E-state index in [1.807, 2.05) is 25.2 Å². The van der Waals surface area contributed by atoms with Gasteiger partial charge in [0.05, 0.1) is 13.2 Å². The Hall–Kier alpha value is -1.75. The van der Waals surface area contributed by atoms with Gasteiger partial charge in [-0.3, -0.25) is 0 Å². The van der Waals surface area contributed by atoms with Gasteiger partial charge in [0.25, 0.3) is 0 Å². The lowest BCUT2D eigenvalue weighted by atomic mass is 10.3. The fourth-order valence-electron chi connectivity index (χ4n) is 2.02. The Morgan fingerprint density at radius 1 is 1.32 bits per heavy atom. The molecule has 0 atom stereocenters. The van der Waals surface area contributed by atoms with E-state index in [0.717, 1.165) is 12.2 Å². The molecule has 2 amide bonds. The van der Waals surface area contributed by atoms with Gasteiger partial charge in [0.1, 0.15) is 0 Å². The number of para-hydroxylation sites is 1. The minimum atomic E-state index is 0.00441. The first-order valence-electron chi connectivity index (χ1n) is 6.64. The van der Waals surface area contributed by atoms with Gasteiger partial charge in [-0.1, -0.05) is 18.2 Å². The van der Waals surface area contributed by atoms with E-state index >= 15 is 0 Å². The van der Waals surface area contributed by atoms with Crippen LogP contribution in [0.4, 0.5) is 10.5 Å². The maximum Gasteiger partial charge on any atom is 0.317 e. The van der Waals surface area contributed by atoms with Crippen LogP contribution < -0.4 is 10.2 Å². The highest BCUT2D eigenvalue weighted by Crippen LogP contribution is 2.09. The lowest BCUT2D eigenvalue weighted by Crippen LogP contribution is -2.47. The lowest BCUT2D eigenvalue weighted by molar-refractivity contribution is 0.0533. The van der Waals surface area contributed by atoms with Crippen LogP contribution in [0.25, 0.3) is 0 Å². The van der Waals surface area contributed by atoms with Crippen LogP contribution in [0.1, 0.15) is 0 Å². The Bertz CT molecular complexity index is 391. The topological polar surface area (TPSA) is 44.8 Å². The number of ether oxygens (including phenoxy) is 1. The van der Waals surface area contributed by atoms with Crippen molar-refractivity contribution in [3.63, 3.8) is 0 Å². The summed E-state index contributed by atoms with van der Waals surface area (Å²) in [5, 5.41) is 2.94.